The third kappa shape index (κ3) is 5.53. The van der Waals surface area contributed by atoms with Crippen molar-refractivity contribution in [3.63, 3.8) is 0 Å². The van der Waals surface area contributed by atoms with E-state index in [9.17, 15) is 0 Å². The molecule has 3 rings (SSSR count). The highest BCUT2D eigenvalue weighted by Crippen LogP contribution is 2.32. The van der Waals surface area contributed by atoms with Crippen molar-refractivity contribution in [1.29, 1.82) is 0 Å². The van der Waals surface area contributed by atoms with E-state index in [-0.39, 0.29) is 19.8 Å². The molecule has 1 aliphatic rings. The van der Waals surface area contributed by atoms with Crippen LogP contribution in [0.2, 0.25) is 0 Å². The molecule has 28 heavy (non-hydrogen) atoms. The molecule has 0 saturated carbocycles. The fraction of sp³-hybridized carbons (Fsp3) is 0.400. The van der Waals surface area contributed by atoms with Gasteiger partial charge in [-0.15, -0.1) is 0 Å². The average molecular weight is 450 g/mol. The summed E-state index contributed by atoms with van der Waals surface area (Å²) in [6, 6.07) is 19.0. The van der Waals surface area contributed by atoms with Gasteiger partial charge in [-0.25, -0.2) is 4.39 Å². The first-order valence-electron chi connectivity index (χ1n) is 8.94. The van der Waals surface area contributed by atoms with Gasteiger partial charge >= 0.3 is 0 Å². The van der Waals surface area contributed by atoms with Gasteiger partial charge in [-0.3, -0.25) is 0 Å². The maximum Gasteiger partial charge on any atom is 0.158 e. The summed E-state index contributed by atoms with van der Waals surface area (Å²) >= 11 is 3.35. The minimum absolute atomic E-state index is 0.0239. The molecule has 0 amide bonds. The Labute approximate surface area is 171 Å². The van der Waals surface area contributed by atoms with E-state index in [4.69, 9.17) is 19.7 Å². The van der Waals surface area contributed by atoms with Crippen LogP contribution in [0.15, 0.2) is 65.8 Å². The summed E-state index contributed by atoms with van der Waals surface area (Å²) in [5.74, 6) is 0. The number of ether oxygens (including phenoxy) is 3. The second kappa shape index (κ2) is 10.5. The van der Waals surface area contributed by atoms with E-state index < -0.39 is 29.5 Å². The first kappa shape index (κ1) is 20.8. The second-order valence-electron chi connectivity index (χ2n) is 6.41. The molecule has 2 aromatic rings. The van der Waals surface area contributed by atoms with Crippen LogP contribution in [0.25, 0.3) is 10.4 Å². The standard InChI is InChI=1S/C20H21BrFN3O3/c21-20-19(27-13-15-9-5-2-6-10-15)17(22)18(16(28-20)11-24-25-23)26-12-14-7-3-1-4-8-14/h1-10,16-20H,11-13H2/t16-,17+,18-,19-,20+/m1/s1. The Morgan fingerprint density at radius 2 is 1.50 bits per heavy atom. The molecule has 0 aromatic heterocycles. The number of rotatable bonds is 8. The highest BCUT2D eigenvalue weighted by Gasteiger charge is 2.46. The highest BCUT2D eigenvalue weighted by atomic mass is 79.9. The molecule has 2 aromatic carbocycles. The SMILES string of the molecule is [N-]=[N+]=NC[C@H]1O[C@H](Br)[C@H](OCc2ccccc2)[C@@H](F)[C@@H]1OCc1ccccc1. The first-order valence-corrected chi connectivity index (χ1v) is 9.86. The molecule has 148 valence electrons. The maximum absolute atomic E-state index is 15.4. The highest BCUT2D eigenvalue weighted by molar-refractivity contribution is 9.09. The third-order valence-corrected chi connectivity index (χ3v) is 5.19. The van der Waals surface area contributed by atoms with Crippen LogP contribution in [0.3, 0.4) is 0 Å². The number of benzene rings is 2. The van der Waals surface area contributed by atoms with E-state index in [1.807, 2.05) is 60.7 Å². The molecule has 0 N–H and O–H groups in total. The molecule has 0 bridgehead atoms. The lowest BCUT2D eigenvalue weighted by molar-refractivity contribution is -0.208. The van der Waals surface area contributed by atoms with E-state index in [0.29, 0.717) is 0 Å². The number of hydrogen-bond donors (Lipinski definition) is 0. The summed E-state index contributed by atoms with van der Waals surface area (Å²) in [6.45, 7) is 0.452. The van der Waals surface area contributed by atoms with Crippen molar-refractivity contribution in [3.8, 4) is 0 Å². The molecular formula is C20H21BrFN3O3. The van der Waals surface area contributed by atoms with Gasteiger partial charge in [0.15, 0.2) is 6.17 Å². The monoisotopic (exact) mass is 449 g/mol. The first-order chi connectivity index (χ1) is 13.7. The van der Waals surface area contributed by atoms with E-state index in [1.165, 1.54) is 0 Å². The van der Waals surface area contributed by atoms with E-state index in [1.54, 1.807) is 0 Å². The zero-order chi connectivity index (χ0) is 19.8. The molecule has 1 saturated heterocycles. The lowest BCUT2D eigenvalue weighted by Crippen LogP contribution is -2.56. The molecule has 1 fully saturated rings. The number of nitrogens with zero attached hydrogens (tertiary/aromatic N) is 3. The van der Waals surface area contributed by atoms with Crippen LogP contribution < -0.4 is 0 Å². The van der Waals surface area contributed by atoms with Crippen LogP contribution in [0.1, 0.15) is 11.1 Å². The van der Waals surface area contributed by atoms with Gasteiger partial charge in [0, 0.05) is 4.91 Å². The summed E-state index contributed by atoms with van der Waals surface area (Å²) in [4.78, 5) is 2.75. The molecule has 5 atom stereocenters. The topological polar surface area (TPSA) is 76.5 Å². The number of alkyl halides is 2. The lowest BCUT2D eigenvalue weighted by Gasteiger charge is -2.41. The van der Waals surface area contributed by atoms with Crippen molar-refractivity contribution in [2.45, 2.75) is 42.7 Å². The van der Waals surface area contributed by atoms with Crippen molar-refractivity contribution >= 4 is 15.9 Å². The molecule has 0 unspecified atom stereocenters. The number of halogens is 2. The quantitative estimate of drug-likeness (QED) is 0.248. The molecule has 1 heterocycles. The molecule has 8 heteroatoms. The van der Waals surface area contributed by atoms with Gasteiger partial charge in [0.25, 0.3) is 0 Å². The Hall–Kier alpha value is -1.96. The predicted octanol–water partition coefficient (Wildman–Crippen LogP) is 4.93. The third-order valence-electron chi connectivity index (χ3n) is 4.45. The van der Waals surface area contributed by atoms with Crippen LogP contribution in [-0.4, -0.2) is 36.0 Å². The van der Waals surface area contributed by atoms with E-state index in [0.717, 1.165) is 11.1 Å². The fourth-order valence-corrected chi connectivity index (χ4v) is 3.74. The van der Waals surface area contributed by atoms with E-state index >= 15 is 4.39 Å². The van der Waals surface area contributed by atoms with Gasteiger partial charge < -0.3 is 14.2 Å². The summed E-state index contributed by atoms with van der Waals surface area (Å²) in [6.07, 6.45) is -3.94. The summed E-state index contributed by atoms with van der Waals surface area (Å²) in [5, 5.41) is 2.86. The zero-order valence-corrected chi connectivity index (χ0v) is 16.7. The minimum Gasteiger partial charge on any atom is -0.368 e. The van der Waals surface area contributed by atoms with Gasteiger partial charge in [-0.05, 0) is 16.7 Å². The molecule has 0 radical (unpaired) electrons. The Bertz CT molecular complexity index is 777. The van der Waals surface area contributed by atoms with Gasteiger partial charge in [-0.2, -0.15) is 0 Å². The number of hydrogen-bond acceptors (Lipinski definition) is 4. The largest absolute Gasteiger partial charge is 0.368 e. The normalized spacial score (nSPS) is 27.1. The van der Waals surface area contributed by atoms with Crippen LogP contribution in [0.5, 0.6) is 0 Å². The van der Waals surface area contributed by atoms with Crippen molar-refractivity contribution in [1.82, 2.24) is 0 Å². The maximum atomic E-state index is 15.4. The van der Waals surface area contributed by atoms with Crippen LogP contribution in [0, 0.1) is 0 Å². The Morgan fingerprint density at radius 3 is 2.04 bits per heavy atom. The summed E-state index contributed by atoms with van der Waals surface area (Å²) < 4.78 is 32.8. The van der Waals surface area contributed by atoms with Crippen LogP contribution in [-0.2, 0) is 27.4 Å². The van der Waals surface area contributed by atoms with Gasteiger partial charge in [0.2, 0.25) is 0 Å². The number of azide groups is 1. The van der Waals surface area contributed by atoms with Crippen molar-refractivity contribution in [2.75, 3.05) is 6.54 Å². The average Bonchev–Trinajstić information content (AvgIpc) is 2.73. The van der Waals surface area contributed by atoms with E-state index in [2.05, 4.69) is 26.0 Å². The zero-order valence-electron chi connectivity index (χ0n) is 15.1. The van der Waals surface area contributed by atoms with Gasteiger partial charge in [0.1, 0.15) is 17.2 Å². The van der Waals surface area contributed by atoms with Crippen molar-refractivity contribution < 1.29 is 18.6 Å². The molecule has 6 nitrogen and oxygen atoms in total. The molecule has 0 spiro atoms. The van der Waals surface area contributed by atoms with Gasteiger partial charge in [-0.1, -0.05) is 81.7 Å². The minimum atomic E-state index is -1.45. The van der Waals surface area contributed by atoms with Gasteiger partial charge in [0.05, 0.1) is 25.9 Å². The lowest BCUT2D eigenvalue weighted by atomic mass is 10.0. The molecular weight excluding hydrogens is 429 g/mol. The Balaban J connectivity index is 1.69. The Kier molecular flexibility index (Phi) is 7.82. The second-order valence-corrected chi connectivity index (χ2v) is 7.31. The van der Waals surface area contributed by atoms with Crippen LogP contribution in [0.4, 0.5) is 4.39 Å². The fourth-order valence-electron chi connectivity index (χ4n) is 3.02. The smallest absolute Gasteiger partial charge is 0.158 e. The summed E-state index contributed by atoms with van der Waals surface area (Å²) in [7, 11) is 0. The van der Waals surface area contributed by atoms with Crippen molar-refractivity contribution in [3.05, 3.63) is 82.2 Å². The Morgan fingerprint density at radius 1 is 0.964 bits per heavy atom. The molecule has 0 aliphatic carbocycles. The summed E-state index contributed by atoms with van der Waals surface area (Å²) in [5.41, 5.74) is 10.5. The van der Waals surface area contributed by atoms with Crippen molar-refractivity contribution in [2.24, 2.45) is 5.11 Å². The van der Waals surface area contributed by atoms with Crippen LogP contribution >= 0.6 is 15.9 Å². The molecule has 1 aliphatic heterocycles. The predicted molar refractivity (Wildman–Crippen MR) is 107 cm³/mol.